The number of nitrogens with zero attached hydrogens (tertiary/aromatic N) is 1. The van der Waals surface area contributed by atoms with E-state index in [1.165, 1.54) is 33.4 Å². The first kappa shape index (κ1) is 17.2. The number of benzene rings is 2. The standard InChI is InChI=1S/C24H25N/c1-16(2)22-15-23-20(18(4)21(22)13-14-25)12-8-9-17(3)24(23)19-10-6-5-7-11-19/h5-7,10-11,15H,1,8-9,12-13H2,2-4H3. The molecule has 0 saturated carbocycles. The van der Waals surface area contributed by atoms with Crippen LogP contribution in [0.25, 0.3) is 11.1 Å². The van der Waals surface area contributed by atoms with Crippen LogP contribution in [-0.4, -0.2) is 0 Å². The van der Waals surface area contributed by atoms with Crippen LogP contribution in [0.2, 0.25) is 0 Å². The summed E-state index contributed by atoms with van der Waals surface area (Å²) in [5.41, 5.74) is 11.4. The average Bonchev–Trinajstić information content (AvgIpc) is 2.76. The van der Waals surface area contributed by atoms with Crippen molar-refractivity contribution >= 4 is 11.1 Å². The molecule has 126 valence electrons. The maximum absolute atomic E-state index is 9.29. The van der Waals surface area contributed by atoms with Crippen LogP contribution in [0.4, 0.5) is 0 Å². The van der Waals surface area contributed by atoms with E-state index in [4.69, 9.17) is 0 Å². The number of hydrogen-bond acceptors (Lipinski definition) is 1. The Morgan fingerprint density at radius 2 is 1.88 bits per heavy atom. The van der Waals surface area contributed by atoms with Gasteiger partial charge < -0.3 is 0 Å². The molecule has 0 atom stereocenters. The third kappa shape index (κ3) is 3.17. The average molecular weight is 327 g/mol. The molecule has 25 heavy (non-hydrogen) atoms. The lowest BCUT2D eigenvalue weighted by Crippen LogP contribution is -2.05. The summed E-state index contributed by atoms with van der Waals surface area (Å²) in [5.74, 6) is 0. The van der Waals surface area contributed by atoms with E-state index in [9.17, 15) is 5.26 Å². The lowest BCUT2D eigenvalue weighted by molar-refractivity contribution is 0.817. The quantitative estimate of drug-likeness (QED) is 0.653. The molecule has 1 heteroatoms. The molecular weight excluding hydrogens is 302 g/mol. The van der Waals surface area contributed by atoms with Gasteiger partial charge in [-0.05, 0) is 85.1 Å². The maximum Gasteiger partial charge on any atom is 0.0670 e. The van der Waals surface area contributed by atoms with Gasteiger partial charge in [-0.1, -0.05) is 48.1 Å². The summed E-state index contributed by atoms with van der Waals surface area (Å²) < 4.78 is 0. The topological polar surface area (TPSA) is 23.8 Å². The molecule has 0 amide bonds. The number of hydrogen-bond donors (Lipinski definition) is 0. The fraction of sp³-hybridized carbons (Fsp3) is 0.292. The highest BCUT2D eigenvalue weighted by Gasteiger charge is 2.22. The van der Waals surface area contributed by atoms with E-state index < -0.39 is 0 Å². The van der Waals surface area contributed by atoms with E-state index in [0.29, 0.717) is 6.42 Å². The summed E-state index contributed by atoms with van der Waals surface area (Å²) in [5, 5.41) is 9.29. The molecule has 0 N–H and O–H groups in total. The Morgan fingerprint density at radius 3 is 2.52 bits per heavy atom. The van der Waals surface area contributed by atoms with Gasteiger partial charge in [0.2, 0.25) is 0 Å². The van der Waals surface area contributed by atoms with Crippen molar-refractivity contribution in [2.24, 2.45) is 0 Å². The Labute approximate surface area is 151 Å². The first-order valence-corrected chi connectivity index (χ1v) is 8.98. The highest BCUT2D eigenvalue weighted by molar-refractivity contribution is 5.86. The zero-order chi connectivity index (χ0) is 18.0. The highest BCUT2D eigenvalue weighted by atomic mass is 14.3. The van der Waals surface area contributed by atoms with Crippen molar-refractivity contribution in [2.75, 3.05) is 0 Å². The van der Waals surface area contributed by atoms with E-state index in [-0.39, 0.29) is 0 Å². The molecule has 0 fully saturated rings. The molecule has 0 spiro atoms. The predicted octanol–water partition coefficient (Wildman–Crippen LogP) is 6.25. The second kappa shape index (κ2) is 7.11. The van der Waals surface area contributed by atoms with Gasteiger partial charge in [0.05, 0.1) is 12.5 Å². The fourth-order valence-electron chi connectivity index (χ4n) is 4.03. The molecule has 1 aliphatic carbocycles. The van der Waals surface area contributed by atoms with Crippen LogP contribution in [-0.2, 0) is 12.8 Å². The van der Waals surface area contributed by atoms with Crippen LogP contribution in [0, 0.1) is 18.3 Å². The molecule has 0 aromatic heterocycles. The predicted molar refractivity (Wildman–Crippen MR) is 106 cm³/mol. The summed E-state index contributed by atoms with van der Waals surface area (Å²) in [6.45, 7) is 10.7. The summed E-state index contributed by atoms with van der Waals surface area (Å²) in [7, 11) is 0. The van der Waals surface area contributed by atoms with E-state index in [2.05, 4.69) is 62.9 Å². The van der Waals surface area contributed by atoms with Gasteiger partial charge in [-0.3, -0.25) is 0 Å². The third-order valence-electron chi connectivity index (χ3n) is 5.30. The molecule has 0 bridgehead atoms. The Hall–Kier alpha value is -2.59. The van der Waals surface area contributed by atoms with Crippen molar-refractivity contribution < 1.29 is 0 Å². The number of allylic oxidation sites excluding steroid dienone is 2. The first-order chi connectivity index (χ1) is 12.0. The van der Waals surface area contributed by atoms with Crippen molar-refractivity contribution in [1.82, 2.24) is 0 Å². The fourth-order valence-corrected chi connectivity index (χ4v) is 4.03. The van der Waals surface area contributed by atoms with Crippen molar-refractivity contribution in [3.8, 4) is 6.07 Å². The molecule has 0 unspecified atom stereocenters. The molecule has 2 aromatic rings. The van der Waals surface area contributed by atoms with Crippen LogP contribution in [0.3, 0.4) is 0 Å². The van der Waals surface area contributed by atoms with Crippen molar-refractivity contribution in [1.29, 1.82) is 5.26 Å². The summed E-state index contributed by atoms with van der Waals surface area (Å²) >= 11 is 0. The molecule has 3 rings (SSSR count). The van der Waals surface area contributed by atoms with E-state index >= 15 is 0 Å². The molecule has 1 aliphatic rings. The van der Waals surface area contributed by atoms with Crippen LogP contribution >= 0.6 is 0 Å². The van der Waals surface area contributed by atoms with Gasteiger partial charge in [0.15, 0.2) is 0 Å². The second-order valence-corrected chi connectivity index (χ2v) is 7.04. The van der Waals surface area contributed by atoms with Gasteiger partial charge in [0.1, 0.15) is 0 Å². The Kier molecular flexibility index (Phi) is 4.91. The minimum atomic E-state index is 0.449. The largest absolute Gasteiger partial charge is 0.198 e. The summed E-state index contributed by atoms with van der Waals surface area (Å²) in [6, 6.07) is 15.3. The van der Waals surface area contributed by atoms with Gasteiger partial charge in [0.25, 0.3) is 0 Å². The maximum atomic E-state index is 9.29. The monoisotopic (exact) mass is 327 g/mol. The van der Waals surface area contributed by atoms with Crippen LogP contribution in [0.15, 0.2) is 48.6 Å². The van der Waals surface area contributed by atoms with E-state index in [1.807, 2.05) is 6.92 Å². The minimum Gasteiger partial charge on any atom is -0.198 e. The summed E-state index contributed by atoms with van der Waals surface area (Å²) in [6.07, 6.45) is 3.80. The number of fused-ring (bicyclic) bond motifs is 1. The molecule has 2 aromatic carbocycles. The normalized spacial score (nSPS) is 13.8. The second-order valence-electron chi connectivity index (χ2n) is 7.04. The Morgan fingerprint density at radius 1 is 1.16 bits per heavy atom. The smallest absolute Gasteiger partial charge is 0.0670 e. The highest BCUT2D eigenvalue weighted by Crippen LogP contribution is 2.39. The van der Waals surface area contributed by atoms with Gasteiger partial charge in [-0.15, -0.1) is 0 Å². The van der Waals surface area contributed by atoms with Crippen molar-refractivity contribution in [3.63, 3.8) is 0 Å². The lowest BCUT2D eigenvalue weighted by atomic mass is 9.83. The first-order valence-electron chi connectivity index (χ1n) is 8.98. The van der Waals surface area contributed by atoms with Gasteiger partial charge in [-0.2, -0.15) is 5.26 Å². The zero-order valence-electron chi connectivity index (χ0n) is 15.4. The molecule has 1 nitrogen and oxygen atoms in total. The van der Waals surface area contributed by atoms with Gasteiger partial charge in [-0.25, -0.2) is 0 Å². The van der Waals surface area contributed by atoms with Gasteiger partial charge in [0, 0.05) is 0 Å². The minimum absolute atomic E-state index is 0.449. The Bertz CT molecular complexity index is 892. The summed E-state index contributed by atoms with van der Waals surface area (Å²) in [4.78, 5) is 0. The molecule has 0 saturated heterocycles. The van der Waals surface area contributed by atoms with Crippen molar-refractivity contribution in [3.05, 3.63) is 81.9 Å². The molecule has 0 radical (unpaired) electrons. The van der Waals surface area contributed by atoms with Gasteiger partial charge >= 0.3 is 0 Å². The lowest BCUT2D eigenvalue weighted by Gasteiger charge is -2.21. The molecule has 0 heterocycles. The molecule has 0 aliphatic heterocycles. The number of nitriles is 1. The van der Waals surface area contributed by atoms with E-state index in [0.717, 1.165) is 36.0 Å². The number of rotatable bonds is 3. The van der Waals surface area contributed by atoms with Crippen molar-refractivity contribution in [2.45, 2.75) is 46.5 Å². The van der Waals surface area contributed by atoms with Crippen LogP contribution in [0.1, 0.15) is 60.1 Å². The van der Waals surface area contributed by atoms with Crippen LogP contribution in [0.5, 0.6) is 0 Å². The van der Waals surface area contributed by atoms with E-state index in [1.54, 1.807) is 0 Å². The molecular formula is C24H25N. The SMILES string of the molecule is C=C(C)c1cc2c(c(C)c1CC#N)CCCC(C)=C2c1ccccc1. The van der Waals surface area contributed by atoms with Crippen LogP contribution < -0.4 is 0 Å². The Balaban J connectivity index is 2.34. The zero-order valence-corrected chi connectivity index (χ0v) is 15.4. The third-order valence-corrected chi connectivity index (χ3v) is 5.30.